The van der Waals surface area contributed by atoms with Crippen molar-refractivity contribution in [3.05, 3.63) is 59.4 Å². The van der Waals surface area contributed by atoms with E-state index in [4.69, 9.17) is 14.2 Å². The number of hydrogen-bond donors (Lipinski definition) is 1. The van der Waals surface area contributed by atoms with Crippen molar-refractivity contribution in [3.8, 4) is 11.5 Å². The highest BCUT2D eigenvalue weighted by Crippen LogP contribution is 2.29. The van der Waals surface area contributed by atoms with Crippen LogP contribution in [0.2, 0.25) is 0 Å². The van der Waals surface area contributed by atoms with Crippen LogP contribution in [0.5, 0.6) is 11.5 Å². The molecular weight excluding hydrogens is 349 g/mol. The Morgan fingerprint density at radius 1 is 1.07 bits per heavy atom. The first-order valence-corrected chi connectivity index (χ1v) is 8.93. The lowest BCUT2D eigenvalue weighted by atomic mass is 9.95. The number of halogens is 1. The van der Waals surface area contributed by atoms with Gasteiger partial charge in [-0.1, -0.05) is 18.2 Å². The van der Waals surface area contributed by atoms with Gasteiger partial charge in [0, 0.05) is 18.2 Å². The van der Waals surface area contributed by atoms with Crippen molar-refractivity contribution in [1.29, 1.82) is 0 Å². The molecule has 27 heavy (non-hydrogen) atoms. The van der Waals surface area contributed by atoms with Crippen LogP contribution in [0, 0.1) is 5.82 Å². The van der Waals surface area contributed by atoms with E-state index in [9.17, 15) is 9.18 Å². The first-order chi connectivity index (χ1) is 12.9. The maximum Gasteiger partial charge on any atom is 0.251 e. The summed E-state index contributed by atoms with van der Waals surface area (Å²) < 4.78 is 30.7. The molecule has 1 amide bonds. The lowest BCUT2D eigenvalue weighted by Crippen LogP contribution is -2.40. The maximum absolute atomic E-state index is 14.2. The van der Waals surface area contributed by atoms with Crippen molar-refractivity contribution in [2.75, 3.05) is 26.9 Å². The van der Waals surface area contributed by atoms with Gasteiger partial charge in [-0.2, -0.15) is 0 Å². The monoisotopic (exact) mass is 375 g/mol. The molecular formula is C21H26FNO4. The molecule has 1 atom stereocenters. The fraction of sp³-hybridized carbons (Fsp3) is 0.381. The number of carbonyl (C=O) groups is 1. The number of rotatable bonds is 9. The van der Waals surface area contributed by atoms with E-state index >= 15 is 0 Å². The smallest absolute Gasteiger partial charge is 0.251 e. The number of carbonyl (C=O) groups excluding carboxylic acids is 1. The average molecular weight is 375 g/mol. The molecule has 0 bridgehead atoms. The van der Waals surface area contributed by atoms with E-state index in [1.165, 1.54) is 13.2 Å². The van der Waals surface area contributed by atoms with Crippen molar-refractivity contribution < 1.29 is 23.4 Å². The molecule has 0 saturated carbocycles. The van der Waals surface area contributed by atoms with E-state index in [-0.39, 0.29) is 18.3 Å². The maximum atomic E-state index is 14.2. The summed E-state index contributed by atoms with van der Waals surface area (Å²) in [5, 5.41) is 2.81. The van der Waals surface area contributed by atoms with E-state index in [1.54, 1.807) is 43.3 Å². The Labute approximate surface area is 159 Å². The predicted molar refractivity (Wildman–Crippen MR) is 102 cm³/mol. The molecule has 2 rings (SSSR count). The van der Waals surface area contributed by atoms with Gasteiger partial charge in [0.15, 0.2) is 11.5 Å². The van der Waals surface area contributed by atoms with Crippen molar-refractivity contribution in [3.63, 3.8) is 0 Å². The molecule has 0 spiro atoms. The summed E-state index contributed by atoms with van der Waals surface area (Å²) in [5.74, 6) is 0.411. The largest absolute Gasteiger partial charge is 0.490 e. The number of amides is 1. The van der Waals surface area contributed by atoms with Gasteiger partial charge < -0.3 is 19.5 Å². The van der Waals surface area contributed by atoms with Crippen LogP contribution in [0.15, 0.2) is 42.5 Å². The van der Waals surface area contributed by atoms with E-state index in [0.29, 0.717) is 35.8 Å². The summed E-state index contributed by atoms with van der Waals surface area (Å²) in [7, 11) is 1.49. The van der Waals surface area contributed by atoms with Gasteiger partial charge in [0.05, 0.1) is 19.8 Å². The SMILES string of the molecule is CCOc1ccc(C(=O)NCC(C)(OC)c2ccccc2F)cc1OCC. The molecule has 6 heteroatoms. The van der Waals surface area contributed by atoms with E-state index in [2.05, 4.69) is 5.32 Å². The number of benzene rings is 2. The van der Waals surface area contributed by atoms with Gasteiger partial charge in [-0.05, 0) is 45.0 Å². The number of methoxy groups -OCH3 is 1. The van der Waals surface area contributed by atoms with Gasteiger partial charge in [0.1, 0.15) is 11.4 Å². The zero-order valence-corrected chi connectivity index (χ0v) is 16.2. The molecule has 0 aliphatic rings. The van der Waals surface area contributed by atoms with Crippen LogP contribution in [0.4, 0.5) is 4.39 Å². The van der Waals surface area contributed by atoms with E-state index < -0.39 is 5.60 Å². The lowest BCUT2D eigenvalue weighted by Gasteiger charge is -2.29. The molecule has 0 saturated heterocycles. The Kier molecular flexibility index (Phi) is 7.19. The third-order valence-electron chi connectivity index (χ3n) is 4.29. The molecule has 0 heterocycles. The van der Waals surface area contributed by atoms with Crippen LogP contribution in [-0.4, -0.2) is 32.8 Å². The first-order valence-electron chi connectivity index (χ1n) is 8.93. The van der Waals surface area contributed by atoms with Gasteiger partial charge in [-0.15, -0.1) is 0 Å². The van der Waals surface area contributed by atoms with Crippen LogP contribution in [0.25, 0.3) is 0 Å². The number of ether oxygens (including phenoxy) is 3. The van der Waals surface area contributed by atoms with E-state index in [1.807, 2.05) is 13.8 Å². The summed E-state index contributed by atoms with van der Waals surface area (Å²) in [6.45, 7) is 6.54. The molecule has 0 aliphatic carbocycles. The Morgan fingerprint density at radius 3 is 2.37 bits per heavy atom. The van der Waals surface area contributed by atoms with Crippen LogP contribution in [-0.2, 0) is 10.3 Å². The zero-order chi connectivity index (χ0) is 19.9. The summed E-state index contributed by atoms with van der Waals surface area (Å²) in [6.07, 6.45) is 0. The average Bonchev–Trinajstić information content (AvgIpc) is 2.68. The number of nitrogens with one attached hydrogen (secondary N) is 1. The minimum absolute atomic E-state index is 0.112. The van der Waals surface area contributed by atoms with Crippen molar-refractivity contribution >= 4 is 5.91 Å². The Bertz CT molecular complexity index is 781. The minimum atomic E-state index is -0.991. The second-order valence-electron chi connectivity index (χ2n) is 6.13. The predicted octanol–water partition coefficient (Wildman–Crippen LogP) is 3.91. The second kappa shape index (κ2) is 9.37. The van der Waals surface area contributed by atoms with Gasteiger partial charge in [-0.3, -0.25) is 4.79 Å². The zero-order valence-electron chi connectivity index (χ0n) is 16.2. The molecule has 0 radical (unpaired) electrons. The fourth-order valence-corrected chi connectivity index (χ4v) is 2.71. The molecule has 1 N–H and O–H groups in total. The first kappa shape index (κ1) is 20.7. The molecule has 146 valence electrons. The van der Waals surface area contributed by atoms with Gasteiger partial charge in [0.2, 0.25) is 0 Å². The molecule has 2 aromatic carbocycles. The normalized spacial score (nSPS) is 12.9. The van der Waals surface area contributed by atoms with Crippen molar-refractivity contribution in [2.24, 2.45) is 0 Å². The topological polar surface area (TPSA) is 56.8 Å². The molecule has 1 unspecified atom stereocenters. The summed E-state index contributed by atoms with van der Waals surface area (Å²) in [6, 6.07) is 11.4. The van der Waals surface area contributed by atoms with Crippen LogP contribution < -0.4 is 14.8 Å². The van der Waals surface area contributed by atoms with Crippen molar-refractivity contribution in [2.45, 2.75) is 26.4 Å². The van der Waals surface area contributed by atoms with Crippen molar-refractivity contribution in [1.82, 2.24) is 5.32 Å². The van der Waals surface area contributed by atoms with Crippen LogP contribution in [0.1, 0.15) is 36.7 Å². The lowest BCUT2D eigenvalue weighted by molar-refractivity contribution is 0.000387. The van der Waals surface area contributed by atoms with Gasteiger partial charge in [-0.25, -0.2) is 4.39 Å². The molecule has 5 nitrogen and oxygen atoms in total. The summed E-state index contributed by atoms with van der Waals surface area (Å²) in [4.78, 5) is 12.6. The second-order valence-corrected chi connectivity index (χ2v) is 6.13. The van der Waals surface area contributed by atoms with Crippen LogP contribution >= 0.6 is 0 Å². The van der Waals surface area contributed by atoms with Gasteiger partial charge in [0.25, 0.3) is 5.91 Å². The molecule has 2 aromatic rings. The highest BCUT2D eigenvalue weighted by molar-refractivity contribution is 5.95. The molecule has 0 aromatic heterocycles. The number of hydrogen-bond acceptors (Lipinski definition) is 4. The standard InChI is InChI=1S/C21H26FNO4/c1-5-26-18-12-11-15(13-19(18)27-6-2)20(24)23-14-21(3,25-4)16-9-7-8-10-17(16)22/h7-13H,5-6,14H2,1-4H3,(H,23,24). The third-order valence-corrected chi connectivity index (χ3v) is 4.29. The van der Waals surface area contributed by atoms with Crippen LogP contribution in [0.3, 0.4) is 0 Å². The summed E-state index contributed by atoms with van der Waals surface area (Å²) in [5.41, 5.74) is -0.182. The molecule has 0 aliphatic heterocycles. The molecule has 0 fully saturated rings. The fourth-order valence-electron chi connectivity index (χ4n) is 2.71. The highest BCUT2D eigenvalue weighted by atomic mass is 19.1. The van der Waals surface area contributed by atoms with E-state index in [0.717, 1.165) is 0 Å². The van der Waals surface area contributed by atoms with Gasteiger partial charge >= 0.3 is 0 Å². The Hall–Kier alpha value is -2.60. The highest BCUT2D eigenvalue weighted by Gasteiger charge is 2.30. The summed E-state index contributed by atoms with van der Waals surface area (Å²) >= 11 is 0. The Morgan fingerprint density at radius 2 is 1.74 bits per heavy atom. The quantitative estimate of drug-likeness (QED) is 0.722. The third kappa shape index (κ3) is 4.98. The minimum Gasteiger partial charge on any atom is -0.490 e. The Balaban J connectivity index is 2.16.